The third-order valence-corrected chi connectivity index (χ3v) is 4.85. The van der Waals surface area contributed by atoms with Crippen molar-refractivity contribution in [2.45, 2.75) is 32.1 Å². The van der Waals surface area contributed by atoms with E-state index in [9.17, 15) is 0 Å². The Morgan fingerprint density at radius 3 is 2.50 bits per heavy atom. The van der Waals surface area contributed by atoms with Crippen molar-refractivity contribution in [3.05, 3.63) is 35.9 Å². The van der Waals surface area contributed by atoms with Crippen molar-refractivity contribution in [1.29, 1.82) is 0 Å². The Hall–Kier alpha value is -0.820. The molecule has 1 heterocycles. The van der Waals surface area contributed by atoms with Gasteiger partial charge in [0.1, 0.15) is 0 Å². The van der Waals surface area contributed by atoms with Gasteiger partial charge in [-0.05, 0) is 56.8 Å². The summed E-state index contributed by atoms with van der Waals surface area (Å²) in [5, 5.41) is 6.90. The third kappa shape index (κ3) is 7.38. The van der Waals surface area contributed by atoms with Gasteiger partial charge in [0.15, 0.2) is 5.96 Å². The summed E-state index contributed by atoms with van der Waals surface area (Å²) in [6.07, 6.45) is 3.90. The second kappa shape index (κ2) is 11.7. The predicted molar refractivity (Wildman–Crippen MR) is 114 cm³/mol. The SMILES string of the molecule is CN=C(NCCC1CCN(C)CC1)NCC(C)c1ccccc1.I. The zero-order valence-corrected chi connectivity index (χ0v) is 17.6. The van der Waals surface area contributed by atoms with Crippen molar-refractivity contribution in [1.82, 2.24) is 15.5 Å². The van der Waals surface area contributed by atoms with Gasteiger partial charge in [-0.2, -0.15) is 0 Å². The van der Waals surface area contributed by atoms with Crippen LogP contribution in [0.15, 0.2) is 35.3 Å². The molecular formula is C19H33IN4. The molecule has 1 saturated heterocycles. The first-order valence-electron chi connectivity index (χ1n) is 8.87. The van der Waals surface area contributed by atoms with E-state index in [2.05, 4.69) is 64.8 Å². The maximum Gasteiger partial charge on any atom is 0.190 e. The molecule has 0 aromatic heterocycles. The fraction of sp³-hybridized carbons (Fsp3) is 0.632. The minimum absolute atomic E-state index is 0. The van der Waals surface area contributed by atoms with Crippen LogP contribution in [-0.4, -0.2) is 51.1 Å². The van der Waals surface area contributed by atoms with E-state index in [0.717, 1.165) is 25.0 Å². The van der Waals surface area contributed by atoms with Crippen LogP contribution in [-0.2, 0) is 0 Å². The van der Waals surface area contributed by atoms with E-state index in [-0.39, 0.29) is 24.0 Å². The number of halogens is 1. The molecule has 1 aromatic rings. The summed E-state index contributed by atoms with van der Waals surface area (Å²) in [5.74, 6) is 2.25. The van der Waals surface area contributed by atoms with Crippen LogP contribution in [0, 0.1) is 5.92 Å². The Balaban J connectivity index is 0.00000288. The van der Waals surface area contributed by atoms with E-state index in [0.29, 0.717) is 5.92 Å². The molecule has 1 unspecified atom stereocenters. The highest BCUT2D eigenvalue weighted by Crippen LogP contribution is 2.18. The number of guanidine groups is 1. The lowest BCUT2D eigenvalue weighted by atomic mass is 9.94. The van der Waals surface area contributed by atoms with E-state index in [4.69, 9.17) is 0 Å². The number of aliphatic imine (C=N–C) groups is 1. The van der Waals surface area contributed by atoms with Crippen LogP contribution in [0.1, 0.15) is 37.7 Å². The van der Waals surface area contributed by atoms with Gasteiger partial charge in [0.2, 0.25) is 0 Å². The van der Waals surface area contributed by atoms with Gasteiger partial charge in [-0.25, -0.2) is 0 Å². The quantitative estimate of drug-likeness (QED) is 0.402. The van der Waals surface area contributed by atoms with Crippen LogP contribution in [0.4, 0.5) is 0 Å². The minimum atomic E-state index is 0. The molecule has 136 valence electrons. The van der Waals surface area contributed by atoms with Gasteiger partial charge >= 0.3 is 0 Å². The molecule has 2 rings (SSSR count). The second-order valence-corrected chi connectivity index (χ2v) is 6.73. The molecule has 0 spiro atoms. The molecule has 1 aliphatic rings. The summed E-state index contributed by atoms with van der Waals surface area (Å²) in [7, 11) is 4.06. The Kier molecular flexibility index (Phi) is 10.3. The zero-order chi connectivity index (χ0) is 16.5. The molecule has 0 aliphatic carbocycles. The molecule has 5 heteroatoms. The van der Waals surface area contributed by atoms with Gasteiger partial charge in [-0.3, -0.25) is 4.99 Å². The first-order valence-corrected chi connectivity index (χ1v) is 8.87. The average molecular weight is 444 g/mol. The van der Waals surface area contributed by atoms with Gasteiger partial charge in [0.05, 0.1) is 0 Å². The summed E-state index contributed by atoms with van der Waals surface area (Å²) in [5.41, 5.74) is 1.36. The lowest BCUT2D eigenvalue weighted by Gasteiger charge is -2.29. The molecule has 1 fully saturated rings. The van der Waals surface area contributed by atoms with Crippen LogP contribution in [0.5, 0.6) is 0 Å². The molecule has 2 N–H and O–H groups in total. The normalized spacial score (nSPS) is 17.9. The number of nitrogens with zero attached hydrogens (tertiary/aromatic N) is 2. The number of hydrogen-bond acceptors (Lipinski definition) is 2. The molecule has 1 aromatic carbocycles. The Morgan fingerprint density at radius 1 is 1.21 bits per heavy atom. The largest absolute Gasteiger partial charge is 0.356 e. The fourth-order valence-electron chi connectivity index (χ4n) is 3.12. The van der Waals surface area contributed by atoms with Gasteiger partial charge in [0.25, 0.3) is 0 Å². The van der Waals surface area contributed by atoms with E-state index >= 15 is 0 Å². The van der Waals surface area contributed by atoms with Crippen LogP contribution in [0.2, 0.25) is 0 Å². The van der Waals surface area contributed by atoms with Crippen LogP contribution < -0.4 is 10.6 Å². The lowest BCUT2D eigenvalue weighted by molar-refractivity contribution is 0.213. The summed E-state index contributed by atoms with van der Waals surface area (Å²) < 4.78 is 0. The third-order valence-electron chi connectivity index (χ3n) is 4.85. The molecule has 0 bridgehead atoms. The van der Waals surface area contributed by atoms with Crippen LogP contribution in [0.25, 0.3) is 0 Å². The number of hydrogen-bond donors (Lipinski definition) is 2. The van der Waals surface area contributed by atoms with Gasteiger partial charge in [0, 0.05) is 20.1 Å². The Morgan fingerprint density at radius 2 is 1.88 bits per heavy atom. The molecule has 4 nitrogen and oxygen atoms in total. The second-order valence-electron chi connectivity index (χ2n) is 6.73. The van der Waals surface area contributed by atoms with Crippen molar-refractivity contribution < 1.29 is 0 Å². The first kappa shape index (κ1) is 21.2. The highest BCUT2D eigenvalue weighted by Gasteiger charge is 2.16. The topological polar surface area (TPSA) is 39.7 Å². The highest BCUT2D eigenvalue weighted by molar-refractivity contribution is 14.0. The summed E-state index contributed by atoms with van der Waals surface area (Å²) >= 11 is 0. The number of nitrogens with one attached hydrogen (secondary N) is 2. The Bertz CT molecular complexity index is 470. The zero-order valence-electron chi connectivity index (χ0n) is 15.3. The van der Waals surface area contributed by atoms with E-state index < -0.39 is 0 Å². The number of likely N-dealkylation sites (tertiary alicyclic amines) is 1. The molecule has 24 heavy (non-hydrogen) atoms. The monoisotopic (exact) mass is 444 g/mol. The molecule has 1 atom stereocenters. The van der Waals surface area contributed by atoms with Gasteiger partial charge in [-0.1, -0.05) is 37.3 Å². The number of benzene rings is 1. The molecule has 0 radical (unpaired) electrons. The van der Waals surface area contributed by atoms with Crippen LogP contribution >= 0.6 is 24.0 Å². The Labute approximate surface area is 164 Å². The van der Waals surface area contributed by atoms with Crippen molar-refractivity contribution in [3.63, 3.8) is 0 Å². The van der Waals surface area contributed by atoms with Crippen molar-refractivity contribution in [3.8, 4) is 0 Å². The number of rotatable bonds is 6. The smallest absolute Gasteiger partial charge is 0.190 e. The number of piperidine rings is 1. The fourth-order valence-corrected chi connectivity index (χ4v) is 3.12. The predicted octanol–water partition coefficient (Wildman–Crippen LogP) is 3.31. The molecule has 1 aliphatic heterocycles. The minimum Gasteiger partial charge on any atom is -0.356 e. The average Bonchev–Trinajstić information content (AvgIpc) is 2.60. The van der Waals surface area contributed by atoms with E-state index in [1.807, 2.05) is 7.05 Å². The summed E-state index contributed by atoms with van der Waals surface area (Å²) in [6.45, 7) is 6.64. The van der Waals surface area contributed by atoms with Gasteiger partial charge in [-0.15, -0.1) is 24.0 Å². The van der Waals surface area contributed by atoms with E-state index in [1.54, 1.807) is 0 Å². The highest BCUT2D eigenvalue weighted by atomic mass is 127. The van der Waals surface area contributed by atoms with Crippen LogP contribution in [0.3, 0.4) is 0 Å². The van der Waals surface area contributed by atoms with Crippen molar-refractivity contribution >= 4 is 29.9 Å². The summed E-state index contributed by atoms with van der Waals surface area (Å²) in [6, 6.07) is 10.6. The molecule has 0 saturated carbocycles. The first-order chi connectivity index (χ1) is 11.2. The van der Waals surface area contributed by atoms with E-state index in [1.165, 1.54) is 37.9 Å². The lowest BCUT2D eigenvalue weighted by Crippen LogP contribution is -2.40. The standard InChI is InChI=1S/C19H32N4.HI/c1-16(18-7-5-4-6-8-18)15-22-19(20-2)21-12-9-17-10-13-23(3)14-11-17;/h4-8,16-17H,9-15H2,1-3H3,(H2,20,21,22);1H. The molecule has 0 amide bonds. The molecular weight excluding hydrogens is 411 g/mol. The van der Waals surface area contributed by atoms with Crippen molar-refractivity contribution in [2.75, 3.05) is 40.3 Å². The van der Waals surface area contributed by atoms with Gasteiger partial charge < -0.3 is 15.5 Å². The summed E-state index contributed by atoms with van der Waals surface area (Å²) in [4.78, 5) is 6.76. The maximum atomic E-state index is 4.33. The van der Waals surface area contributed by atoms with Crippen molar-refractivity contribution in [2.24, 2.45) is 10.9 Å². The maximum absolute atomic E-state index is 4.33.